The predicted molar refractivity (Wildman–Crippen MR) is 65.5 cm³/mol. The van der Waals surface area contributed by atoms with Gasteiger partial charge >= 0.3 is 0 Å². The van der Waals surface area contributed by atoms with Crippen LogP contribution < -0.4 is 10.5 Å². The van der Waals surface area contributed by atoms with Crippen molar-refractivity contribution in [2.24, 2.45) is 5.92 Å². The summed E-state index contributed by atoms with van der Waals surface area (Å²) in [6, 6.07) is 1.96. The summed E-state index contributed by atoms with van der Waals surface area (Å²) in [6.07, 6.45) is 8.41. The molecule has 2 rings (SSSR count). The Kier molecular flexibility index (Phi) is 3.65. The summed E-state index contributed by atoms with van der Waals surface area (Å²) in [5.41, 5.74) is 6.86. The summed E-state index contributed by atoms with van der Waals surface area (Å²) in [7, 11) is 0. The van der Waals surface area contributed by atoms with E-state index in [4.69, 9.17) is 10.5 Å². The molecular weight excluding hydrogens is 200 g/mol. The van der Waals surface area contributed by atoms with Gasteiger partial charge in [0.1, 0.15) is 0 Å². The molecule has 2 N–H and O–H groups in total. The molecular formula is C13H20N2O. The largest absolute Gasteiger partial charge is 0.489 e. The van der Waals surface area contributed by atoms with Gasteiger partial charge in [0.25, 0.3) is 0 Å². The minimum absolute atomic E-state index is 0.501. The van der Waals surface area contributed by atoms with Crippen LogP contribution in [0.4, 0.5) is 5.82 Å². The van der Waals surface area contributed by atoms with Crippen LogP contribution in [0.3, 0.4) is 0 Å². The highest BCUT2D eigenvalue weighted by Crippen LogP contribution is 2.26. The van der Waals surface area contributed by atoms with Gasteiger partial charge in [-0.2, -0.15) is 0 Å². The number of aromatic nitrogens is 1. The molecule has 1 fully saturated rings. The number of anilines is 1. The van der Waals surface area contributed by atoms with Crippen molar-refractivity contribution < 1.29 is 4.74 Å². The van der Waals surface area contributed by atoms with E-state index >= 15 is 0 Å². The first kappa shape index (κ1) is 11.2. The molecule has 1 aliphatic rings. The second-order valence-electron chi connectivity index (χ2n) is 4.71. The van der Waals surface area contributed by atoms with Crippen molar-refractivity contribution in [1.82, 2.24) is 4.98 Å². The molecule has 16 heavy (non-hydrogen) atoms. The van der Waals surface area contributed by atoms with E-state index in [1.165, 1.54) is 32.1 Å². The normalized spacial score (nSPS) is 17.3. The van der Waals surface area contributed by atoms with Crippen molar-refractivity contribution in [2.75, 3.05) is 12.3 Å². The number of nitrogens with zero attached hydrogens (tertiary/aromatic N) is 1. The van der Waals surface area contributed by atoms with E-state index in [1.807, 2.05) is 13.0 Å². The van der Waals surface area contributed by atoms with Gasteiger partial charge in [0.2, 0.25) is 0 Å². The van der Waals surface area contributed by atoms with Gasteiger partial charge in [-0.1, -0.05) is 19.3 Å². The van der Waals surface area contributed by atoms with Crippen molar-refractivity contribution in [2.45, 2.75) is 39.0 Å². The molecule has 1 aromatic heterocycles. The smallest absolute Gasteiger partial charge is 0.166 e. The van der Waals surface area contributed by atoms with E-state index in [1.54, 1.807) is 6.20 Å². The maximum atomic E-state index is 5.77. The van der Waals surface area contributed by atoms with Gasteiger partial charge in [-0.05, 0) is 37.3 Å². The van der Waals surface area contributed by atoms with Gasteiger partial charge in [-0.3, -0.25) is 0 Å². The number of pyridine rings is 1. The van der Waals surface area contributed by atoms with E-state index < -0.39 is 0 Å². The number of aryl methyl sites for hydroxylation is 1. The van der Waals surface area contributed by atoms with Gasteiger partial charge in [0, 0.05) is 6.20 Å². The molecule has 1 aliphatic carbocycles. The van der Waals surface area contributed by atoms with Crippen molar-refractivity contribution in [3.05, 3.63) is 17.8 Å². The van der Waals surface area contributed by atoms with Crippen molar-refractivity contribution in [3.8, 4) is 5.75 Å². The number of rotatable bonds is 3. The van der Waals surface area contributed by atoms with Crippen LogP contribution in [0.1, 0.15) is 37.7 Å². The monoisotopic (exact) mass is 220 g/mol. The van der Waals surface area contributed by atoms with E-state index in [2.05, 4.69) is 4.98 Å². The van der Waals surface area contributed by atoms with Crippen molar-refractivity contribution in [3.63, 3.8) is 0 Å². The second-order valence-corrected chi connectivity index (χ2v) is 4.71. The predicted octanol–water partition coefficient (Wildman–Crippen LogP) is 2.93. The minimum atomic E-state index is 0.501. The molecule has 1 aromatic rings. The van der Waals surface area contributed by atoms with Crippen LogP contribution in [0.2, 0.25) is 0 Å². The van der Waals surface area contributed by atoms with Crippen LogP contribution in [-0.4, -0.2) is 11.6 Å². The van der Waals surface area contributed by atoms with E-state index in [9.17, 15) is 0 Å². The van der Waals surface area contributed by atoms with Crippen molar-refractivity contribution >= 4 is 5.82 Å². The topological polar surface area (TPSA) is 48.1 Å². The Balaban J connectivity index is 1.90. The third-order valence-electron chi connectivity index (χ3n) is 3.22. The van der Waals surface area contributed by atoms with E-state index in [0.29, 0.717) is 11.7 Å². The maximum absolute atomic E-state index is 5.77. The Bertz CT molecular complexity index is 346. The first-order chi connectivity index (χ1) is 7.75. The molecule has 0 aromatic carbocycles. The molecule has 0 radical (unpaired) electrons. The van der Waals surface area contributed by atoms with Gasteiger partial charge in [0.15, 0.2) is 11.6 Å². The number of hydrogen-bond donors (Lipinski definition) is 1. The highest BCUT2D eigenvalue weighted by Gasteiger charge is 2.14. The summed E-state index contributed by atoms with van der Waals surface area (Å²) in [5.74, 6) is 1.95. The lowest BCUT2D eigenvalue weighted by Gasteiger charge is -2.21. The van der Waals surface area contributed by atoms with Crippen LogP contribution >= 0.6 is 0 Å². The standard InChI is InChI=1S/C13H20N2O/c1-10-7-12(13(14)15-8-10)16-9-11-5-3-2-4-6-11/h7-8,11H,2-6,9H2,1H3,(H2,14,15). The summed E-state index contributed by atoms with van der Waals surface area (Å²) in [5, 5.41) is 0. The van der Waals surface area contributed by atoms with Gasteiger partial charge in [-0.15, -0.1) is 0 Å². The Morgan fingerprint density at radius 3 is 2.88 bits per heavy atom. The lowest BCUT2D eigenvalue weighted by atomic mass is 9.90. The number of ether oxygens (including phenoxy) is 1. The molecule has 0 atom stereocenters. The Morgan fingerprint density at radius 1 is 1.38 bits per heavy atom. The van der Waals surface area contributed by atoms with Gasteiger partial charge in [-0.25, -0.2) is 4.98 Å². The summed E-state index contributed by atoms with van der Waals surface area (Å²) in [6.45, 7) is 2.79. The summed E-state index contributed by atoms with van der Waals surface area (Å²) >= 11 is 0. The SMILES string of the molecule is Cc1cnc(N)c(OCC2CCCCC2)c1. The minimum Gasteiger partial charge on any atom is -0.489 e. The third-order valence-corrected chi connectivity index (χ3v) is 3.22. The molecule has 3 nitrogen and oxygen atoms in total. The molecule has 0 saturated heterocycles. The van der Waals surface area contributed by atoms with Crippen LogP contribution in [0.5, 0.6) is 5.75 Å². The average Bonchev–Trinajstić information content (AvgIpc) is 2.32. The summed E-state index contributed by atoms with van der Waals surface area (Å²) < 4.78 is 5.77. The zero-order valence-corrected chi connectivity index (χ0v) is 9.91. The lowest BCUT2D eigenvalue weighted by Crippen LogP contribution is -2.16. The average molecular weight is 220 g/mol. The van der Waals surface area contributed by atoms with Crippen LogP contribution in [-0.2, 0) is 0 Å². The molecule has 0 bridgehead atoms. The van der Waals surface area contributed by atoms with Crippen LogP contribution in [0.15, 0.2) is 12.3 Å². The molecule has 1 saturated carbocycles. The lowest BCUT2D eigenvalue weighted by molar-refractivity contribution is 0.209. The fourth-order valence-corrected chi connectivity index (χ4v) is 2.23. The zero-order valence-electron chi connectivity index (χ0n) is 9.91. The second kappa shape index (κ2) is 5.19. The quantitative estimate of drug-likeness (QED) is 0.852. The molecule has 88 valence electrons. The molecule has 0 unspecified atom stereocenters. The maximum Gasteiger partial charge on any atom is 0.166 e. The van der Waals surface area contributed by atoms with E-state index in [-0.39, 0.29) is 0 Å². The fourth-order valence-electron chi connectivity index (χ4n) is 2.23. The van der Waals surface area contributed by atoms with Crippen molar-refractivity contribution in [1.29, 1.82) is 0 Å². The summed E-state index contributed by atoms with van der Waals surface area (Å²) in [4.78, 5) is 4.10. The number of nitrogen functional groups attached to an aromatic ring is 1. The van der Waals surface area contributed by atoms with Crippen LogP contribution in [0.25, 0.3) is 0 Å². The first-order valence-corrected chi connectivity index (χ1v) is 6.10. The molecule has 0 spiro atoms. The highest BCUT2D eigenvalue weighted by atomic mass is 16.5. The molecule has 3 heteroatoms. The molecule has 0 amide bonds. The highest BCUT2D eigenvalue weighted by molar-refractivity contribution is 5.46. The number of hydrogen-bond acceptors (Lipinski definition) is 3. The Labute approximate surface area is 97.0 Å². The first-order valence-electron chi connectivity index (χ1n) is 6.10. The molecule has 0 aliphatic heterocycles. The fraction of sp³-hybridized carbons (Fsp3) is 0.615. The molecule has 1 heterocycles. The van der Waals surface area contributed by atoms with E-state index in [0.717, 1.165) is 17.9 Å². The third kappa shape index (κ3) is 2.87. The Morgan fingerprint density at radius 2 is 2.12 bits per heavy atom. The van der Waals surface area contributed by atoms with Crippen LogP contribution in [0, 0.1) is 12.8 Å². The number of nitrogens with two attached hydrogens (primary N) is 1. The van der Waals surface area contributed by atoms with Gasteiger partial charge < -0.3 is 10.5 Å². The Hall–Kier alpha value is -1.25. The van der Waals surface area contributed by atoms with Gasteiger partial charge in [0.05, 0.1) is 6.61 Å². The zero-order chi connectivity index (χ0) is 11.4.